The van der Waals surface area contributed by atoms with E-state index >= 15 is 0 Å². The van der Waals surface area contributed by atoms with E-state index in [9.17, 15) is 26.3 Å². The van der Waals surface area contributed by atoms with Crippen LogP contribution in [0.25, 0.3) is 0 Å². The highest BCUT2D eigenvalue weighted by atomic mass is 19.4. The normalized spacial score (nSPS) is 18.0. The van der Waals surface area contributed by atoms with E-state index in [-0.39, 0.29) is 30.2 Å². The Labute approximate surface area is 209 Å². The molecule has 0 bridgehead atoms. The SMILES string of the molecule is Cn1nnc(N(Cc2cc(C(F)(F)F)cc(C(F)(F)F)c2)C2CCCNc3cc4c(cc32)CCCC4)n1. The van der Waals surface area contributed by atoms with Gasteiger partial charge in [-0.05, 0) is 90.3 Å². The Kier molecular flexibility index (Phi) is 6.53. The molecule has 1 aromatic heterocycles. The number of hydrogen-bond acceptors (Lipinski definition) is 5. The van der Waals surface area contributed by atoms with Gasteiger partial charge in [0.1, 0.15) is 0 Å². The summed E-state index contributed by atoms with van der Waals surface area (Å²) in [5.41, 5.74) is 1.54. The van der Waals surface area contributed by atoms with E-state index in [4.69, 9.17) is 0 Å². The third-order valence-corrected chi connectivity index (χ3v) is 6.97. The third-order valence-electron chi connectivity index (χ3n) is 6.97. The molecule has 0 amide bonds. The number of anilines is 2. The van der Waals surface area contributed by atoms with Crippen molar-refractivity contribution in [2.45, 2.75) is 63.5 Å². The summed E-state index contributed by atoms with van der Waals surface area (Å²) in [4.78, 5) is 2.89. The maximum absolute atomic E-state index is 13.5. The van der Waals surface area contributed by atoms with Crippen molar-refractivity contribution < 1.29 is 26.3 Å². The van der Waals surface area contributed by atoms with Gasteiger partial charge < -0.3 is 10.2 Å². The number of tetrazole rings is 1. The lowest BCUT2D eigenvalue weighted by Crippen LogP contribution is -2.30. The quantitative estimate of drug-likeness (QED) is 0.420. The molecule has 0 saturated carbocycles. The Morgan fingerprint density at radius 3 is 2.16 bits per heavy atom. The van der Waals surface area contributed by atoms with E-state index in [1.54, 1.807) is 11.9 Å². The van der Waals surface area contributed by atoms with Gasteiger partial charge in [-0.2, -0.15) is 31.1 Å². The number of nitrogens with one attached hydrogen (secondary N) is 1. The third kappa shape index (κ3) is 5.37. The van der Waals surface area contributed by atoms with Crippen molar-refractivity contribution in [2.24, 2.45) is 7.05 Å². The van der Waals surface area contributed by atoms with Crippen LogP contribution in [0.4, 0.5) is 38.0 Å². The average Bonchev–Trinajstić information content (AvgIpc) is 3.16. The lowest BCUT2D eigenvalue weighted by molar-refractivity contribution is -0.143. The van der Waals surface area contributed by atoms with E-state index in [1.165, 1.54) is 15.9 Å². The van der Waals surface area contributed by atoms with Gasteiger partial charge in [0.15, 0.2) is 0 Å². The number of aromatic nitrogens is 4. The Balaban J connectivity index is 1.61. The van der Waals surface area contributed by atoms with Gasteiger partial charge in [-0.25, -0.2) is 0 Å². The second-order valence-corrected chi connectivity index (χ2v) is 9.62. The molecular weight excluding hydrogens is 498 g/mol. The molecule has 0 spiro atoms. The molecule has 6 nitrogen and oxygen atoms in total. The molecule has 3 aromatic rings. The van der Waals surface area contributed by atoms with Crippen molar-refractivity contribution >= 4 is 11.6 Å². The number of fused-ring (bicyclic) bond motifs is 2. The van der Waals surface area contributed by atoms with Crippen LogP contribution < -0.4 is 10.2 Å². The van der Waals surface area contributed by atoms with E-state index in [2.05, 4.69) is 32.9 Å². The average molecular weight is 525 g/mol. The zero-order valence-corrected chi connectivity index (χ0v) is 20.1. The zero-order valence-electron chi connectivity index (χ0n) is 20.1. The van der Waals surface area contributed by atoms with E-state index < -0.39 is 23.5 Å². The molecule has 198 valence electrons. The van der Waals surface area contributed by atoms with Gasteiger partial charge in [-0.1, -0.05) is 11.2 Å². The van der Waals surface area contributed by atoms with E-state index in [0.29, 0.717) is 13.0 Å². The Morgan fingerprint density at radius 1 is 0.919 bits per heavy atom. The molecule has 2 aromatic carbocycles. The molecule has 0 radical (unpaired) electrons. The van der Waals surface area contributed by atoms with Gasteiger partial charge in [-0.3, -0.25) is 0 Å². The molecule has 1 unspecified atom stereocenters. The maximum atomic E-state index is 13.5. The molecule has 1 aliphatic carbocycles. The van der Waals surface area contributed by atoms with Gasteiger partial charge in [0.25, 0.3) is 5.95 Å². The highest BCUT2D eigenvalue weighted by molar-refractivity contribution is 5.60. The molecule has 1 aliphatic heterocycles. The van der Waals surface area contributed by atoms with Crippen molar-refractivity contribution in [3.05, 3.63) is 63.7 Å². The van der Waals surface area contributed by atoms with Crippen LogP contribution in [0.15, 0.2) is 30.3 Å². The number of nitrogens with zero attached hydrogens (tertiary/aromatic N) is 5. The van der Waals surface area contributed by atoms with Crippen LogP contribution in [0.1, 0.15) is 65.1 Å². The first-order valence-corrected chi connectivity index (χ1v) is 12.2. The van der Waals surface area contributed by atoms with E-state index in [0.717, 1.165) is 55.5 Å². The summed E-state index contributed by atoms with van der Waals surface area (Å²) in [6.07, 6.45) is -4.39. The standard InChI is InChI=1S/C25H26F6N6/c1-36-34-23(33-35-36)37(14-15-9-18(24(26,27)28)13-19(10-15)25(29,30)31)22-7-4-8-32-21-12-17-6-3-2-5-16(17)11-20(21)22/h9-13,22,32H,2-8,14H2,1H3. The Morgan fingerprint density at radius 2 is 1.57 bits per heavy atom. The molecule has 1 atom stereocenters. The summed E-state index contributed by atoms with van der Waals surface area (Å²) in [6.45, 7) is 0.450. The van der Waals surface area contributed by atoms with Crippen molar-refractivity contribution in [3.63, 3.8) is 0 Å². The van der Waals surface area contributed by atoms with Crippen molar-refractivity contribution in [1.82, 2.24) is 20.2 Å². The molecule has 2 heterocycles. The Bertz CT molecular complexity index is 1250. The van der Waals surface area contributed by atoms with Crippen molar-refractivity contribution in [3.8, 4) is 0 Å². The fraction of sp³-hybridized carbons (Fsp3) is 0.480. The molecular formula is C25H26F6N6. The van der Waals surface area contributed by atoms with Crippen LogP contribution in [0, 0.1) is 0 Å². The lowest BCUT2D eigenvalue weighted by atomic mass is 9.87. The first-order valence-electron chi connectivity index (χ1n) is 12.2. The number of benzene rings is 2. The molecule has 37 heavy (non-hydrogen) atoms. The minimum atomic E-state index is -4.93. The number of alkyl halides is 6. The van der Waals surface area contributed by atoms with Gasteiger partial charge in [0.05, 0.1) is 24.2 Å². The van der Waals surface area contributed by atoms with Crippen LogP contribution in [-0.2, 0) is 38.8 Å². The van der Waals surface area contributed by atoms with Crippen LogP contribution in [-0.4, -0.2) is 26.8 Å². The van der Waals surface area contributed by atoms with Crippen LogP contribution in [0.5, 0.6) is 0 Å². The van der Waals surface area contributed by atoms with Gasteiger partial charge in [0.2, 0.25) is 0 Å². The number of aryl methyl sites for hydroxylation is 3. The summed E-state index contributed by atoms with van der Waals surface area (Å²) in [7, 11) is 1.56. The highest BCUT2D eigenvalue weighted by Crippen LogP contribution is 2.41. The fourth-order valence-corrected chi connectivity index (χ4v) is 5.25. The smallest absolute Gasteiger partial charge is 0.385 e. The second-order valence-electron chi connectivity index (χ2n) is 9.62. The summed E-state index contributed by atoms with van der Waals surface area (Å²) < 4.78 is 81.2. The summed E-state index contributed by atoms with van der Waals surface area (Å²) in [5.74, 6) is 0.143. The molecule has 5 rings (SSSR count). The molecule has 2 aliphatic rings. The van der Waals surface area contributed by atoms with Gasteiger partial charge >= 0.3 is 12.4 Å². The number of rotatable bonds is 4. The largest absolute Gasteiger partial charge is 0.416 e. The van der Waals surface area contributed by atoms with Crippen LogP contribution >= 0.6 is 0 Å². The highest BCUT2D eigenvalue weighted by Gasteiger charge is 2.38. The second kappa shape index (κ2) is 9.53. The monoisotopic (exact) mass is 524 g/mol. The minimum absolute atomic E-state index is 0.133. The van der Waals surface area contributed by atoms with Crippen LogP contribution in [0.3, 0.4) is 0 Å². The van der Waals surface area contributed by atoms with Gasteiger partial charge in [-0.15, -0.1) is 5.10 Å². The summed E-state index contributed by atoms with van der Waals surface area (Å²) in [6, 6.07) is 5.57. The first-order chi connectivity index (χ1) is 17.5. The summed E-state index contributed by atoms with van der Waals surface area (Å²) >= 11 is 0. The lowest BCUT2D eigenvalue weighted by Gasteiger charge is -2.32. The topological polar surface area (TPSA) is 58.9 Å². The molecule has 1 N–H and O–H groups in total. The van der Waals surface area contributed by atoms with Crippen molar-refractivity contribution in [2.75, 3.05) is 16.8 Å². The first kappa shape index (κ1) is 25.3. The molecule has 0 saturated heterocycles. The molecule has 0 fully saturated rings. The predicted molar refractivity (Wildman–Crippen MR) is 125 cm³/mol. The number of hydrogen-bond donors (Lipinski definition) is 1. The molecule has 12 heteroatoms. The van der Waals surface area contributed by atoms with Crippen molar-refractivity contribution in [1.29, 1.82) is 0 Å². The predicted octanol–water partition coefficient (Wildman–Crippen LogP) is 6.08. The minimum Gasteiger partial charge on any atom is -0.385 e. The van der Waals surface area contributed by atoms with Gasteiger partial charge in [0, 0.05) is 18.8 Å². The summed E-state index contributed by atoms with van der Waals surface area (Å²) in [5, 5.41) is 15.7. The van der Waals surface area contributed by atoms with Crippen LogP contribution in [0.2, 0.25) is 0 Å². The Hall–Kier alpha value is -3.31. The fourth-order valence-electron chi connectivity index (χ4n) is 5.25. The zero-order chi connectivity index (χ0) is 26.4. The number of halogens is 6. The van der Waals surface area contributed by atoms with E-state index in [1.807, 2.05) is 0 Å². The maximum Gasteiger partial charge on any atom is 0.416 e.